The van der Waals surface area contributed by atoms with Crippen LogP contribution in [0.3, 0.4) is 0 Å². The first-order chi connectivity index (χ1) is 16.5. The molecule has 0 fully saturated rings. The van der Waals surface area contributed by atoms with Gasteiger partial charge in [0.1, 0.15) is 0 Å². The normalized spacial score (nSPS) is 15.7. The summed E-state index contributed by atoms with van der Waals surface area (Å²) in [7, 11) is 0. The zero-order chi connectivity index (χ0) is 23.8. The summed E-state index contributed by atoms with van der Waals surface area (Å²) < 4.78 is 0. The van der Waals surface area contributed by atoms with Gasteiger partial charge in [-0.15, -0.1) is 0 Å². The molecule has 0 saturated carbocycles. The van der Waals surface area contributed by atoms with E-state index in [-0.39, 0.29) is 17.9 Å². The van der Waals surface area contributed by atoms with Gasteiger partial charge in [0.25, 0.3) is 0 Å². The molecule has 1 atom stereocenters. The third kappa shape index (κ3) is 3.79. The van der Waals surface area contributed by atoms with Crippen LogP contribution in [0.2, 0.25) is 0 Å². The van der Waals surface area contributed by atoms with Crippen LogP contribution in [-0.4, -0.2) is 21.6 Å². The van der Waals surface area contributed by atoms with Crippen molar-refractivity contribution in [3.8, 4) is 11.1 Å². The van der Waals surface area contributed by atoms with E-state index in [1.807, 2.05) is 45.0 Å². The Morgan fingerprint density at radius 2 is 1.56 bits per heavy atom. The van der Waals surface area contributed by atoms with E-state index in [1.165, 1.54) is 5.56 Å². The Morgan fingerprint density at radius 1 is 0.882 bits per heavy atom. The Kier molecular flexibility index (Phi) is 5.74. The molecule has 3 aromatic carbocycles. The molecule has 0 saturated heterocycles. The van der Waals surface area contributed by atoms with E-state index in [0.29, 0.717) is 6.42 Å². The Labute approximate surface area is 201 Å². The number of benzene rings is 3. The lowest BCUT2D eigenvalue weighted by Gasteiger charge is -2.24. The van der Waals surface area contributed by atoms with Crippen LogP contribution in [0.4, 0.5) is 0 Å². The number of pyridine rings is 1. The number of aryl methyl sites for hydroxylation is 2. The number of nitrogens with zero attached hydrogens (tertiary/aromatic N) is 3. The summed E-state index contributed by atoms with van der Waals surface area (Å²) >= 11 is 0. The molecule has 4 nitrogen and oxygen atoms in total. The van der Waals surface area contributed by atoms with Gasteiger partial charge >= 0.3 is 0 Å². The number of hydrogen-bond acceptors (Lipinski definition) is 3. The number of fused-ring (bicyclic) bond motifs is 1. The molecular formula is C30H29N3O. The van der Waals surface area contributed by atoms with Crippen molar-refractivity contribution >= 4 is 22.5 Å². The fourth-order valence-corrected chi connectivity index (χ4v) is 4.92. The molecule has 0 spiro atoms. The van der Waals surface area contributed by atoms with Crippen molar-refractivity contribution in [2.24, 2.45) is 11.0 Å². The zero-order valence-corrected chi connectivity index (χ0v) is 20.1. The van der Waals surface area contributed by atoms with Gasteiger partial charge in [-0.25, -0.2) is 5.01 Å². The Bertz CT molecular complexity index is 1410. The molecule has 0 N–H and O–H groups in total. The summed E-state index contributed by atoms with van der Waals surface area (Å²) in [4.78, 5) is 18.2. The lowest BCUT2D eigenvalue weighted by molar-refractivity contribution is -0.136. The number of carbonyl (C=O) groups is 1. The molecule has 4 aromatic rings. The van der Waals surface area contributed by atoms with Gasteiger partial charge in [0.2, 0.25) is 5.91 Å². The number of hydrogen-bond donors (Lipinski definition) is 0. The van der Waals surface area contributed by atoms with Gasteiger partial charge in [0.05, 0.1) is 17.3 Å². The summed E-state index contributed by atoms with van der Waals surface area (Å²) in [5.41, 5.74) is 8.41. The van der Waals surface area contributed by atoms with Crippen LogP contribution >= 0.6 is 0 Å². The van der Waals surface area contributed by atoms with Crippen LogP contribution in [-0.2, 0) is 4.79 Å². The number of amides is 1. The van der Waals surface area contributed by atoms with E-state index < -0.39 is 0 Å². The molecule has 0 aliphatic carbocycles. The van der Waals surface area contributed by atoms with Crippen molar-refractivity contribution in [1.82, 2.24) is 9.99 Å². The number of aromatic nitrogens is 1. The highest BCUT2D eigenvalue weighted by Gasteiger charge is 2.36. The van der Waals surface area contributed by atoms with Gasteiger partial charge in [-0.05, 0) is 36.6 Å². The average Bonchev–Trinajstić information content (AvgIpc) is 3.28. The van der Waals surface area contributed by atoms with E-state index in [4.69, 9.17) is 10.1 Å². The molecular weight excluding hydrogens is 418 g/mol. The summed E-state index contributed by atoms with van der Waals surface area (Å²) in [6.45, 7) is 8.02. The summed E-state index contributed by atoms with van der Waals surface area (Å²) in [5, 5.41) is 7.80. The SMILES string of the molecule is Cc1ccccc1C1CC(c2c(C)nc3ccccc3c2-c2ccccc2)=NN1C(=O)C(C)C. The summed E-state index contributed by atoms with van der Waals surface area (Å²) in [6.07, 6.45) is 0.657. The lowest BCUT2D eigenvalue weighted by Crippen LogP contribution is -2.30. The van der Waals surface area contributed by atoms with Crippen molar-refractivity contribution in [2.75, 3.05) is 0 Å². The second-order valence-electron chi connectivity index (χ2n) is 9.29. The molecule has 170 valence electrons. The van der Waals surface area contributed by atoms with Gasteiger partial charge in [-0.3, -0.25) is 9.78 Å². The third-order valence-corrected chi connectivity index (χ3v) is 6.60. The zero-order valence-electron chi connectivity index (χ0n) is 20.1. The Balaban J connectivity index is 1.73. The summed E-state index contributed by atoms with van der Waals surface area (Å²) in [5.74, 6) is -0.102. The van der Waals surface area contributed by atoms with Gasteiger partial charge in [-0.2, -0.15) is 5.10 Å². The Hall–Kier alpha value is -3.79. The average molecular weight is 448 g/mol. The van der Waals surface area contributed by atoms with Gasteiger partial charge < -0.3 is 0 Å². The Morgan fingerprint density at radius 3 is 2.29 bits per heavy atom. The first kappa shape index (κ1) is 22.0. The molecule has 0 bridgehead atoms. The highest BCUT2D eigenvalue weighted by Crippen LogP contribution is 2.40. The number of carbonyl (C=O) groups excluding carboxylic acids is 1. The maximum Gasteiger partial charge on any atom is 0.245 e. The molecule has 2 heterocycles. The van der Waals surface area contributed by atoms with Crippen LogP contribution in [0.15, 0.2) is 84.0 Å². The number of hydrazone groups is 1. The van der Waals surface area contributed by atoms with Crippen molar-refractivity contribution in [1.29, 1.82) is 0 Å². The van der Waals surface area contributed by atoms with E-state index in [9.17, 15) is 4.79 Å². The largest absolute Gasteiger partial charge is 0.273 e. The quantitative estimate of drug-likeness (QED) is 0.343. The van der Waals surface area contributed by atoms with Crippen LogP contribution in [0.5, 0.6) is 0 Å². The van der Waals surface area contributed by atoms with Crippen LogP contribution in [0.25, 0.3) is 22.0 Å². The minimum atomic E-state index is -0.140. The molecule has 1 aromatic heterocycles. The van der Waals surface area contributed by atoms with Crippen LogP contribution < -0.4 is 0 Å². The van der Waals surface area contributed by atoms with Gasteiger partial charge in [-0.1, -0.05) is 86.6 Å². The van der Waals surface area contributed by atoms with Crippen molar-refractivity contribution in [3.05, 3.63) is 101 Å². The van der Waals surface area contributed by atoms with E-state index in [0.717, 1.165) is 44.6 Å². The molecule has 1 aliphatic rings. The van der Waals surface area contributed by atoms with Crippen LogP contribution in [0.1, 0.15) is 48.7 Å². The monoisotopic (exact) mass is 447 g/mol. The fourth-order valence-electron chi connectivity index (χ4n) is 4.92. The number of para-hydroxylation sites is 1. The molecule has 0 radical (unpaired) electrons. The smallest absolute Gasteiger partial charge is 0.245 e. The molecule has 1 amide bonds. The highest BCUT2D eigenvalue weighted by molar-refractivity contribution is 6.14. The first-order valence-electron chi connectivity index (χ1n) is 11.9. The van der Waals surface area contributed by atoms with E-state index in [2.05, 4.69) is 61.5 Å². The maximum atomic E-state index is 13.3. The third-order valence-electron chi connectivity index (χ3n) is 6.60. The molecule has 34 heavy (non-hydrogen) atoms. The molecule has 1 aliphatic heterocycles. The van der Waals surface area contributed by atoms with Crippen molar-refractivity contribution in [2.45, 2.75) is 40.2 Å². The molecule has 1 unspecified atom stereocenters. The minimum absolute atomic E-state index is 0.0379. The van der Waals surface area contributed by atoms with Crippen LogP contribution in [0, 0.1) is 19.8 Å². The standard InChI is InChI=1S/C30H29N3O/c1-19(2)30(34)33-27(23-15-9-8-12-20(23)3)18-26(32-33)28-21(4)31-25-17-11-10-16-24(25)29(28)22-13-6-5-7-14-22/h5-17,19,27H,18H2,1-4H3. The highest BCUT2D eigenvalue weighted by atomic mass is 16.2. The van der Waals surface area contributed by atoms with Gasteiger partial charge in [0.15, 0.2) is 0 Å². The predicted molar refractivity (Wildman–Crippen MR) is 139 cm³/mol. The lowest BCUT2D eigenvalue weighted by atomic mass is 9.88. The van der Waals surface area contributed by atoms with Gasteiger partial charge in [0, 0.05) is 34.5 Å². The van der Waals surface area contributed by atoms with E-state index in [1.54, 1.807) is 5.01 Å². The minimum Gasteiger partial charge on any atom is -0.273 e. The molecule has 4 heteroatoms. The fraction of sp³-hybridized carbons (Fsp3) is 0.233. The predicted octanol–water partition coefficient (Wildman–Crippen LogP) is 6.85. The van der Waals surface area contributed by atoms with Crippen molar-refractivity contribution < 1.29 is 4.79 Å². The topological polar surface area (TPSA) is 45.6 Å². The first-order valence-corrected chi connectivity index (χ1v) is 11.9. The maximum absolute atomic E-state index is 13.3. The second-order valence-corrected chi connectivity index (χ2v) is 9.29. The number of rotatable bonds is 4. The molecule has 5 rings (SSSR count). The van der Waals surface area contributed by atoms with E-state index >= 15 is 0 Å². The van der Waals surface area contributed by atoms with Crippen molar-refractivity contribution in [3.63, 3.8) is 0 Å². The summed E-state index contributed by atoms with van der Waals surface area (Å²) in [6, 6.07) is 26.8. The second kappa shape index (κ2) is 8.86.